The lowest BCUT2D eigenvalue weighted by Gasteiger charge is -2.35. The van der Waals surface area contributed by atoms with Crippen LogP contribution in [0.25, 0.3) is 11.4 Å². The Labute approximate surface area is 203 Å². The van der Waals surface area contributed by atoms with Crippen molar-refractivity contribution in [3.8, 4) is 17.5 Å². The Morgan fingerprint density at radius 2 is 1.83 bits per heavy atom. The van der Waals surface area contributed by atoms with Gasteiger partial charge in [-0.05, 0) is 67.8 Å². The van der Waals surface area contributed by atoms with E-state index < -0.39 is 12.1 Å². The molecule has 0 bridgehead atoms. The number of hydrogen-bond acceptors (Lipinski definition) is 6. The Hall–Kier alpha value is -4.40. The molecule has 1 saturated heterocycles. The minimum atomic E-state index is -4.73. The van der Waals surface area contributed by atoms with Gasteiger partial charge in [0.2, 0.25) is 5.82 Å². The zero-order valence-corrected chi connectivity index (χ0v) is 18.9. The largest absolute Gasteiger partial charge is 0.471 e. The summed E-state index contributed by atoms with van der Waals surface area (Å²) in [5.41, 5.74) is 1.62. The van der Waals surface area contributed by atoms with Crippen LogP contribution in [0.3, 0.4) is 0 Å². The van der Waals surface area contributed by atoms with Crippen LogP contribution in [0, 0.1) is 11.3 Å². The number of rotatable bonds is 5. The molecular formula is C24H21F3N6O3. The number of carbonyl (C=O) groups excluding carboxylic acids is 2. The van der Waals surface area contributed by atoms with Gasteiger partial charge in [-0.15, -0.1) is 0 Å². The number of nitrogens with one attached hydrogen (secondary N) is 2. The highest BCUT2D eigenvalue weighted by molar-refractivity contribution is 5.94. The maximum atomic E-state index is 12.9. The van der Waals surface area contributed by atoms with E-state index in [2.05, 4.69) is 25.3 Å². The van der Waals surface area contributed by atoms with Gasteiger partial charge >= 0.3 is 18.1 Å². The first-order chi connectivity index (χ1) is 17.2. The average Bonchev–Trinajstić information content (AvgIpc) is 3.39. The lowest BCUT2D eigenvalue weighted by molar-refractivity contribution is -0.159. The third-order valence-corrected chi connectivity index (χ3v) is 5.73. The first kappa shape index (κ1) is 24.7. The Bertz CT molecular complexity index is 1270. The molecule has 1 fully saturated rings. The van der Waals surface area contributed by atoms with Crippen molar-refractivity contribution in [1.29, 1.82) is 5.26 Å². The first-order valence-corrected chi connectivity index (χ1v) is 11.1. The van der Waals surface area contributed by atoms with Crippen molar-refractivity contribution in [3.63, 3.8) is 0 Å². The van der Waals surface area contributed by atoms with Gasteiger partial charge in [0.05, 0.1) is 17.7 Å². The highest BCUT2D eigenvalue weighted by atomic mass is 19.4. The van der Waals surface area contributed by atoms with Crippen molar-refractivity contribution >= 4 is 17.6 Å². The fourth-order valence-corrected chi connectivity index (χ4v) is 3.84. The van der Waals surface area contributed by atoms with Crippen molar-refractivity contribution in [3.05, 3.63) is 65.5 Å². The third-order valence-electron chi connectivity index (χ3n) is 5.73. The van der Waals surface area contributed by atoms with Gasteiger partial charge in [0.15, 0.2) is 0 Å². The fourth-order valence-electron chi connectivity index (χ4n) is 3.84. The molecule has 12 heteroatoms. The molecule has 1 aromatic heterocycles. The number of anilines is 1. The normalized spacial score (nSPS) is 15.7. The van der Waals surface area contributed by atoms with E-state index in [0.717, 1.165) is 19.3 Å². The number of hydrogen-bond donors (Lipinski definition) is 2. The molecule has 4 rings (SSSR count). The van der Waals surface area contributed by atoms with E-state index in [4.69, 9.17) is 5.26 Å². The second kappa shape index (κ2) is 10.5. The van der Waals surface area contributed by atoms with Crippen LogP contribution >= 0.6 is 0 Å². The highest BCUT2D eigenvalue weighted by Gasteiger charge is 2.38. The minimum absolute atomic E-state index is 0.208. The summed E-state index contributed by atoms with van der Waals surface area (Å²) in [6.07, 6.45) is -2.27. The first-order valence-electron chi connectivity index (χ1n) is 11.1. The number of aromatic nitrogens is 2. The van der Waals surface area contributed by atoms with Gasteiger partial charge in [0.1, 0.15) is 0 Å². The molecule has 2 aromatic carbocycles. The molecule has 1 atom stereocenters. The monoisotopic (exact) mass is 498 g/mol. The third kappa shape index (κ3) is 5.80. The second-order valence-electron chi connectivity index (χ2n) is 8.17. The number of alkyl halides is 3. The van der Waals surface area contributed by atoms with Gasteiger partial charge in [-0.2, -0.15) is 23.4 Å². The maximum Gasteiger partial charge on any atom is 0.471 e. The maximum absolute atomic E-state index is 12.9. The molecule has 2 heterocycles. The van der Waals surface area contributed by atoms with Gasteiger partial charge in [0, 0.05) is 29.9 Å². The van der Waals surface area contributed by atoms with E-state index in [1.54, 1.807) is 29.2 Å². The number of likely N-dealkylation sites (tertiary alicyclic amines) is 1. The number of nitrogens with zero attached hydrogens (tertiary/aromatic N) is 4. The van der Waals surface area contributed by atoms with E-state index in [0.29, 0.717) is 28.9 Å². The Morgan fingerprint density at radius 1 is 1.11 bits per heavy atom. The second-order valence-corrected chi connectivity index (χ2v) is 8.17. The van der Waals surface area contributed by atoms with Crippen LogP contribution in [0.15, 0.2) is 53.1 Å². The van der Waals surface area contributed by atoms with Crippen LogP contribution in [0.4, 0.5) is 23.7 Å². The highest BCUT2D eigenvalue weighted by Crippen LogP contribution is 2.29. The minimum Gasteiger partial charge on any atom is -0.350 e. The smallest absolute Gasteiger partial charge is 0.350 e. The molecule has 9 nitrogen and oxygen atoms in total. The fraction of sp³-hybridized carbons (Fsp3) is 0.292. The van der Waals surface area contributed by atoms with E-state index in [-0.39, 0.29) is 30.3 Å². The van der Waals surface area contributed by atoms with Crippen molar-refractivity contribution in [1.82, 2.24) is 20.4 Å². The summed E-state index contributed by atoms with van der Waals surface area (Å²) in [6.45, 7) is 0.787. The summed E-state index contributed by atoms with van der Waals surface area (Å²) in [6, 6.07) is 13.7. The molecule has 2 N–H and O–H groups in total. The van der Waals surface area contributed by atoms with Crippen molar-refractivity contribution in [2.75, 3.05) is 18.4 Å². The summed E-state index contributed by atoms with van der Waals surface area (Å²) < 4.78 is 42.2. The number of urea groups is 1. The predicted octanol–water partition coefficient (Wildman–Crippen LogP) is 4.44. The van der Waals surface area contributed by atoms with E-state index >= 15 is 0 Å². The standard InChI is InChI=1S/C24H21F3N6O3/c25-24(26,27)22-31-20(32-36-22)16-8-10-18(11-9-16)30-23(35)33-12-2-1-3-19(33)14-29-21(34)17-6-4-15(13-28)5-7-17/h4-11,19H,1-3,12,14H2,(H,29,34)(H,30,35). The molecule has 0 spiro atoms. The molecule has 3 amide bonds. The molecule has 0 aliphatic carbocycles. The van der Waals surface area contributed by atoms with Gasteiger partial charge < -0.3 is 20.1 Å². The molecule has 0 saturated carbocycles. The Balaban J connectivity index is 1.36. The number of amides is 3. The van der Waals surface area contributed by atoms with Crippen LogP contribution in [-0.2, 0) is 6.18 Å². The van der Waals surface area contributed by atoms with Crippen LogP contribution in [0.2, 0.25) is 0 Å². The number of nitriles is 1. The number of piperidine rings is 1. The Morgan fingerprint density at radius 3 is 2.47 bits per heavy atom. The van der Waals surface area contributed by atoms with Crippen molar-refractivity contribution in [2.45, 2.75) is 31.5 Å². The summed E-state index contributed by atoms with van der Waals surface area (Å²) in [5, 5.41) is 17.8. The zero-order valence-electron chi connectivity index (χ0n) is 18.9. The molecular weight excluding hydrogens is 477 g/mol. The summed E-state index contributed by atoms with van der Waals surface area (Å²) in [5.74, 6) is -1.94. The van der Waals surface area contributed by atoms with Crippen molar-refractivity contribution in [2.24, 2.45) is 0 Å². The topological polar surface area (TPSA) is 124 Å². The van der Waals surface area contributed by atoms with Crippen LogP contribution in [-0.4, -0.2) is 46.1 Å². The van der Waals surface area contributed by atoms with Crippen LogP contribution in [0.5, 0.6) is 0 Å². The summed E-state index contributed by atoms with van der Waals surface area (Å²) in [4.78, 5) is 30.4. The quantitative estimate of drug-likeness (QED) is 0.536. The van der Waals surface area contributed by atoms with E-state index in [1.807, 2.05) is 6.07 Å². The van der Waals surface area contributed by atoms with Gasteiger partial charge in [-0.1, -0.05) is 5.16 Å². The molecule has 1 aliphatic rings. The van der Waals surface area contributed by atoms with Crippen LogP contribution in [0.1, 0.15) is 41.1 Å². The lowest BCUT2D eigenvalue weighted by atomic mass is 10.0. The molecule has 36 heavy (non-hydrogen) atoms. The molecule has 1 aliphatic heterocycles. The van der Waals surface area contributed by atoms with Gasteiger partial charge in [-0.3, -0.25) is 4.79 Å². The van der Waals surface area contributed by atoms with E-state index in [1.165, 1.54) is 24.3 Å². The number of halogens is 3. The molecule has 3 aromatic rings. The van der Waals surface area contributed by atoms with Gasteiger partial charge in [0.25, 0.3) is 5.91 Å². The van der Waals surface area contributed by atoms with Gasteiger partial charge in [-0.25, -0.2) is 4.79 Å². The number of benzene rings is 2. The van der Waals surface area contributed by atoms with Crippen molar-refractivity contribution < 1.29 is 27.3 Å². The average molecular weight is 498 g/mol. The molecule has 1 unspecified atom stereocenters. The SMILES string of the molecule is N#Cc1ccc(C(=O)NCC2CCCCN2C(=O)Nc2ccc(-c3noc(C(F)(F)F)n3)cc2)cc1. The molecule has 0 radical (unpaired) electrons. The summed E-state index contributed by atoms with van der Waals surface area (Å²) >= 11 is 0. The zero-order chi connectivity index (χ0) is 25.7. The Kier molecular flexibility index (Phi) is 7.19. The predicted molar refractivity (Wildman–Crippen MR) is 122 cm³/mol. The van der Waals surface area contributed by atoms with E-state index in [9.17, 15) is 22.8 Å². The summed E-state index contributed by atoms with van der Waals surface area (Å²) in [7, 11) is 0. The lowest BCUT2D eigenvalue weighted by Crippen LogP contribution is -2.50. The number of carbonyl (C=O) groups is 2. The van der Waals surface area contributed by atoms with Crippen LogP contribution < -0.4 is 10.6 Å². The molecule has 186 valence electrons.